The van der Waals surface area contributed by atoms with Crippen LogP contribution in [0.15, 0.2) is 45.8 Å². The summed E-state index contributed by atoms with van der Waals surface area (Å²) in [6, 6.07) is 10.3. The monoisotopic (exact) mass is 457 g/mol. The Morgan fingerprint density at radius 1 is 1.12 bits per heavy atom. The summed E-state index contributed by atoms with van der Waals surface area (Å²) in [4.78, 5) is 26.2. The molecule has 128 valence electrons. The number of halogens is 3. The second kappa shape index (κ2) is 7.41. The lowest BCUT2D eigenvalue weighted by molar-refractivity contribution is -0.123. The van der Waals surface area contributed by atoms with Crippen molar-refractivity contribution in [3.05, 3.63) is 66.9 Å². The van der Waals surface area contributed by atoms with Crippen LogP contribution >= 0.6 is 50.9 Å². The van der Waals surface area contributed by atoms with Crippen LogP contribution < -0.4 is 0 Å². The third-order valence-corrected chi connectivity index (χ3v) is 5.48. The van der Waals surface area contributed by atoms with Crippen LogP contribution in [0.1, 0.15) is 11.1 Å². The summed E-state index contributed by atoms with van der Waals surface area (Å²) in [7, 11) is 0. The summed E-state index contributed by atoms with van der Waals surface area (Å²) in [5.74, 6) is -0.595. The minimum absolute atomic E-state index is 0.0767. The summed E-state index contributed by atoms with van der Waals surface area (Å²) < 4.78 is 0.923. The van der Waals surface area contributed by atoms with Gasteiger partial charge in [0.25, 0.3) is 11.1 Å². The van der Waals surface area contributed by atoms with Crippen LogP contribution in [0.5, 0.6) is 5.75 Å². The number of amides is 2. The van der Waals surface area contributed by atoms with Crippen LogP contribution in [0.2, 0.25) is 10.0 Å². The molecule has 1 saturated heterocycles. The third-order valence-electron chi connectivity index (χ3n) is 3.46. The normalized spacial score (nSPS) is 16.1. The van der Waals surface area contributed by atoms with E-state index < -0.39 is 0 Å². The van der Waals surface area contributed by atoms with E-state index in [0.717, 1.165) is 21.8 Å². The number of nitrogens with zero attached hydrogens (tertiary/aromatic N) is 1. The Bertz CT molecular complexity index is 876. The Hall–Kier alpha value is -1.47. The van der Waals surface area contributed by atoms with Gasteiger partial charge in [-0.15, -0.1) is 0 Å². The Morgan fingerprint density at radius 3 is 2.32 bits per heavy atom. The third kappa shape index (κ3) is 4.03. The number of phenolic OH excluding ortho intramolecular Hbond substituents is 1. The fraction of sp³-hybridized carbons (Fsp3) is 0.0588. The highest BCUT2D eigenvalue weighted by Crippen LogP contribution is 2.37. The van der Waals surface area contributed by atoms with Crippen molar-refractivity contribution in [1.29, 1.82) is 0 Å². The van der Waals surface area contributed by atoms with Gasteiger partial charge in [0.2, 0.25) is 0 Å². The van der Waals surface area contributed by atoms with Crippen molar-refractivity contribution in [2.45, 2.75) is 6.54 Å². The number of hydrogen-bond donors (Lipinski definition) is 1. The van der Waals surface area contributed by atoms with Crippen molar-refractivity contribution < 1.29 is 14.7 Å². The molecule has 4 nitrogen and oxygen atoms in total. The molecule has 8 heteroatoms. The van der Waals surface area contributed by atoms with Crippen molar-refractivity contribution in [2.75, 3.05) is 0 Å². The van der Waals surface area contributed by atoms with Crippen molar-refractivity contribution in [1.82, 2.24) is 4.90 Å². The van der Waals surface area contributed by atoms with Crippen LogP contribution in [-0.4, -0.2) is 21.2 Å². The Labute approximate surface area is 166 Å². The number of carbonyl (C=O) groups excluding carboxylic acids is 2. The predicted molar refractivity (Wildman–Crippen MR) is 104 cm³/mol. The van der Waals surface area contributed by atoms with Gasteiger partial charge in [-0.05, 0) is 53.2 Å². The minimum atomic E-state index is -0.377. The summed E-state index contributed by atoms with van der Waals surface area (Å²) in [6.45, 7) is 0.201. The number of phenols is 1. The Kier molecular flexibility index (Phi) is 5.43. The molecule has 0 unspecified atom stereocenters. The zero-order chi connectivity index (χ0) is 18.1. The number of imide groups is 1. The van der Waals surface area contributed by atoms with E-state index in [1.165, 1.54) is 23.1 Å². The van der Waals surface area contributed by atoms with Gasteiger partial charge in [-0.2, -0.15) is 0 Å². The highest BCUT2D eigenvalue weighted by molar-refractivity contribution is 9.10. The fourth-order valence-corrected chi connectivity index (χ4v) is 3.84. The second-order valence-corrected chi connectivity index (χ2v) is 7.95. The summed E-state index contributed by atoms with van der Waals surface area (Å²) in [5, 5.41) is 9.40. The zero-order valence-electron chi connectivity index (χ0n) is 12.5. The van der Waals surface area contributed by atoms with E-state index in [9.17, 15) is 14.7 Å². The van der Waals surface area contributed by atoms with Crippen LogP contribution in [0.3, 0.4) is 0 Å². The average molecular weight is 459 g/mol. The Balaban J connectivity index is 1.84. The van der Waals surface area contributed by atoms with Crippen molar-refractivity contribution in [3.8, 4) is 5.75 Å². The largest absolute Gasteiger partial charge is 0.505 e. The molecule has 0 bridgehead atoms. The quantitative estimate of drug-likeness (QED) is 0.599. The maximum atomic E-state index is 12.5. The van der Waals surface area contributed by atoms with Crippen molar-refractivity contribution in [2.24, 2.45) is 0 Å². The predicted octanol–water partition coefficient (Wildman–Crippen LogP) is 5.70. The van der Waals surface area contributed by atoms with Gasteiger partial charge in [0.15, 0.2) is 5.75 Å². The van der Waals surface area contributed by atoms with Crippen molar-refractivity contribution in [3.63, 3.8) is 0 Å². The van der Waals surface area contributed by atoms with E-state index in [0.29, 0.717) is 5.56 Å². The fourth-order valence-electron chi connectivity index (χ4n) is 2.23. The molecular formula is C17H10BrCl2NO3S. The van der Waals surface area contributed by atoms with E-state index in [-0.39, 0.29) is 38.4 Å². The molecule has 1 N–H and O–H groups in total. The molecule has 2 amide bonds. The van der Waals surface area contributed by atoms with E-state index in [4.69, 9.17) is 23.2 Å². The first-order valence-corrected chi connectivity index (χ1v) is 9.39. The molecule has 3 rings (SSSR count). The minimum Gasteiger partial charge on any atom is -0.505 e. The van der Waals surface area contributed by atoms with Crippen LogP contribution in [0.4, 0.5) is 4.79 Å². The topological polar surface area (TPSA) is 57.6 Å². The van der Waals surface area contributed by atoms with Gasteiger partial charge < -0.3 is 5.11 Å². The van der Waals surface area contributed by atoms with Gasteiger partial charge >= 0.3 is 0 Å². The van der Waals surface area contributed by atoms with E-state index >= 15 is 0 Å². The number of hydrogen-bond acceptors (Lipinski definition) is 4. The van der Waals surface area contributed by atoms with E-state index in [2.05, 4.69) is 15.9 Å². The molecule has 1 fully saturated rings. The SMILES string of the molecule is O=C1S/C(=C\c2cc(Cl)c(O)c(Cl)c2)C(=O)N1Cc1ccc(Br)cc1. The highest BCUT2D eigenvalue weighted by atomic mass is 79.9. The lowest BCUT2D eigenvalue weighted by Crippen LogP contribution is -2.27. The molecular weight excluding hydrogens is 449 g/mol. The summed E-state index contributed by atoms with van der Waals surface area (Å²) in [6.07, 6.45) is 1.53. The van der Waals surface area contributed by atoms with Crippen LogP contribution in [0.25, 0.3) is 6.08 Å². The number of rotatable bonds is 3. The maximum Gasteiger partial charge on any atom is 0.293 e. The molecule has 0 aliphatic carbocycles. The lowest BCUT2D eigenvalue weighted by Gasteiger charge is -2.12. The molecule has 0 radical (unpaired) electrons. The molecule has 0 spiro atoms. The first-order chi connectivity index (χ1) is 11.8. The molecule has 1 heterocycles. The molecule has 0 saturated carbocycles. The molecule has 2 aromatic carbocycles. The van der Waals surface area contributed by atoms with Gasteiger partial charge in [-0.3, -0.25) is 14.5 Å². The first kappa shape index (κ1) is 18.3. The standard InChI is InChI=1S/C17H10BrCl2NO3S/c18-11-3-1-9(2-4-11)8-21-16(23)14(25-17(21)24)7-10-5-12(19)15(22)13(20)6-10/h1-7,22H,8H2/b14-7-. The number of thioether (sulfide) groups is 1. The van der Waals surface area contributed by atoms with Gasteiger partial charge in [0.05, 0.1) is 21.5 Å². The van der Waals surface area contributed by atoms with E-state index in [1.54, 1.807) is 0 Å². The molecule has 25 heavy (non-hydrogen) atoms. The van der Waals surface area contributed by atoms with Gasteiger partial charge in [-0.25, -0.2) is 0 Å². The van der Waals surface area contributed by atoms with Gasteiger partial charge in [0.1, 0.15) is 0 Å². The second-order valence-electron chi connectivity index (χ2n) is 5.23. The smallest absolute Gasteiger partial charge is 0.293 e. The highest BCUT2D eigenvalue weighted by Gasteiger charge is 2.35. The molecule has 2 aromatic rings. The van der Waals surface area contributed by atoms with Crippen LogP contribution in [-0.2, 0) is 11.3 Å². The Morgan fingerprint density at radius 2 is 1.72 bits per heavy atom. The van der Waals surface area contributed by atoms with E-state index in [1.807, 2.05) is 24.3 Å². The summed E-state index contributed by atoms with van der Waals surface area (Å²) in [5.41, 5.74) is 1.38. The average Bonchev–Trinajstić information content (AvgIpc) is 2.82. The zero-order valence-corrected chi connectivity index (χ0v) is 16.4. The van der Waals surface area contributed by atoms with Gasteiger partial charge in [-0.1, -0.05) is 51.3 Å². The lowest BCUT2D eigenvalue weighted by atomic mass is 10.2. The van der Waals surface area contributed by atoms with Crippen molar-refractivity contribution >= 4 is 68.1 Å². The number of aromatic hydroxyl groups is 1. The first-order valence-electron chi connectivity index (χ1n) is 7.03. The van der Waals surface area contributed by atoms with Gasteiger partial charge in [0, 0.05) is 4.47 Å². The molecule has 1 aliphatic rings. The molecule has 1 aliphatic heterocycles. The maximum absolute atomic E-state index is 12.5. The molecule has 0 aromatic heterocycles. The van der Waals surface area contributed by atoms with Crippen LogP contribution in [0, 0.1) is 0 Å². The number of carbonyl (C=O) groups is 2. The molecule has 0 atom stereocenters. The number of benzene rings is 2. The summed E-state index contributed by atoms with van der Waals surface area (Å²) >= 11 is 16.0.